The summed E-state index contributed by atoms with van der Waals surface area (Å²) in [7, 11) is 0. The van der Waals surface area contributed by atoms with E-state index in [4.69, 9.17) is 19.9 Å². The first-order chi connectivity index (χ1) is 18.8. The maximum Gasteiger partial charge on any atom is 0.354 e. The summed E-state index contributed by atoms with van der Waals surface area (Å²) in [6.07, 6.45) is -0.857. The molecule has 3 aromatic rings. The van der Waals surface area contributed by atoms with Gasteiger partial charge in [-0.3, -0.25) is 9.59 Å². The van der Waals surface area contributed by atoms with Gasteiger partial charge in [-0.15, -0.1) is 0 Å². The Balaban J connectivity index is 1.87. The molecule has 0 radical (unpaired) electrons. The Labute approximate surface area is 231 Å². The molecule has 5 N–H and O–H groups in total. The predicted molar refractivity (Wildman–Crippen MR) is 147 cm³/mol. The lowest BCUT2D eigenvalue weighted by atomic mass is 10.2. The summed E-state index contributed by atoms with van der Waals surface area (Å²) in [4.78, 5) is 49.8. The van der Waals surface area contributed by atoms with E-state index >= 15 is 0 Å². The van der Waals surface area contributed by atoms with Gasteiger partial charge < -0.3 is 35.7 Å². The number of hydrogen-bond donors (Lipinski definition) is 4. The van der Waals surface area contributed by atoms with E-state index in [2.05, 4.69) is 25.6 Å². The highest BCUT2D eigenvalue weighted by atomic mass is 16.5. The van der Waals surface area contributed by atoms with Crippen LogP contribution in [0.3, 0.4) is 0 Å². The molecule has 0 aliphatic rings. The number of hydrogen-bond acceptors (Lipinski definition) is 10. The molecular weight excluding hydrogens is 520 g/mol. The Kier molecular flexibility index (Phi) is 9.43. The maximum atomic E-state index is 13.1. The zero-order valence-corrected chi connectivity index (χ0v) is 23.0. The third-order valence-electron chi connectivity index (χ3n) is 4.83. The Hall–Kier alpha value is -4.94. The van der Waals surface area contributed by atoms with Crippen LogP contribution in [0.4, 0.5) is 17.1 Å². The molecule has 3 heterocycles. The number of nitrogens with zero attached hydrogens (tertiary/aromatic N) is 3. The molecule has 3 aromatic heterocycles. The van der Waals surface area contributed by atoms with E-state index in [1.807, 2.05) is 13.8 Å². The van der Waals surface area contributed by atoms with Crippen LogP contribution in [0.5, 0.6) is 17.6 Å². The summed E-state index contributed by atoms with van der Waals surface area (Å²) in [5.74, 6) is -2.36. The molecule has 0 saturated heterocycles. The van der Waals surface area contributed by atoms with Crippen LogP contribution in [-0.4, -0.2) is 56.2 Å². The quantitative estimate of drug-likeness (QED) is 0.269. The minimum Gasteiger partial charge on any atom is -0.477 e. The summed E-state index contributed by atoms with van der Waals surface area (Å²) in [5, 5.41) is 14.6. The van der Waals surface area contributed by atoms with Crippen molar-refractivity contribution in [3.63, 3.8) is 0 Å². The minimum atomic E-state index is -1.24. The van der Waals surface area contributed by atoms with Crippen LogP contribution < -0.4 is 30.6 Å². The lowest BCUT2D eigenvalue weighted by molar-refractivity contribution is 0.0688. The second-order valence-electron chi connectivity index (χ2n) is 9.40. The third kappa shape index (κ3) is 7.79. The van der Waals surface area contributed by atoms with Gasteiger partial charge in [0.05, 0.1) is 24.0 Å². The number of nitrogens with one attached hydrogen (secondary N) is 2. The van der Waals surface area contributed by atoms with Gasteiger partial charge in [-0.2, -0.15) is 0 Å². The first-order valence-corrected chi connectivity index (χ1v) is 12.5. The van der Waals surface area contributed by atoms with E-state index in [1.54, 1.807) is 27.7 Å². The Morgan fingerprint density at radius 2 is 1.02 bits per heavy atom. The molecule has 0 fully saturated rings. The lowest BCUT2D eigenvalue weighted by Crippen LogP contribution is -2.20. The molecule has 0 spiro atoms. The zero-order chi connectivity index (χ0) is 29.6. The van der Waals surface area contributed by atoms with Crippen LogP contribution >= 0.6 is 0 Å². The highest BCUT2D eigenvalue weighted by molar-refractivity contribution is 6.06. The maximum absolute atomic E-state index is 13.1. The molecule has 0 atom stereocenters. The van der Waals surface area contributed by atoms with Crippen LogP contribution in [0.15, 0.2) is 36.4 Å². The lowest BCUT2D eigenvalue weighted by Gasteiger charge is -2.16. The number of nitrogen functional groups attached to an aromatic ring is 1. The van der Waals surface area contributed by atoms with Gasteiger partial charge in [0.2, 0.25) is 17.6 Å². The molecular formula is C27H32N6O7. The molecule has 0 unspecified atom stereocenters. The Morgan fingerprint density at radius 1 is 0.650 bits per heavy atom. The fourth-order valence-corrected chi connectivity index (χ4v) is 3.21. The van der Waals surface area contributed by atoms with Gasteiger partial charge in [-0.05, 0) is 77.9 Å². The number of pyridine rings is 3. The fourth-order valence-electron chi connectivity index (χ4n) is 3.21. The van der Waals surface area contributed by atoms with E-state index in [1.165, 1.54) is 36.4 Å². The van der Waals surface area contributed by atoms with E-state index in [9.17, 15) is 19.5 Å². The second kappa shape index (κ2) is 12.7. The molecule has 0 aliphatic heterocycles. The topological polar surface area (TPSA) is 188 Å². The molecule has 40 heavy (non-hydrogen) atoms. The number of amides is 2. The first-order valence-electron chi connectivity index (χ1n) is 12.5. The SMILES string of the molecule is CC(C)Oc1nc(C(=O)Nc2ccc(C(=O)Nc3ccc(C(=O)O)nc3OC(C)C)nc2OC(C)C)ccc1N. The van der Waals surface area contributed by atoms with Crippen LogP contribution in [0.2, 0.25) is 0 Å². The Morgan fingerprint density at radius 3 is 1.48 bits per heavy atom. The van der Waals surface area contributed by atoms with Crippen molar-refractivity contribution in [3.8, 4) is 17.6 Å². The summed E-state index contributed by atoms with van der Waals surface area (Å²) in [6.45, 7) is 10.6. The summed E-state index contributed by atoms with van der Waals surface area (Å²) >= 11 is 0. The van der Waals surface area contributed by atoms with E-state index < -0.39 is 17.8 Å². The third-order valence-corrected chi connectivity index (χ3v) is 4.83. The van der Waals surface area contributed by atoms with Crippen LogP contribution in [0, 0.1) is 0 Å². The summed E-state index contributed by atoms with van der Waals surface area (Å²) in [6, 6.07) is 8.46. The van der Waals surface area contributed by atoms with Crippen LogP contribution in [0.25, 0.3) is 0 Å². The van der Waals surface area contributed by atoms with Crippen molar-refractivity contribution in [2.45, 2.75) is 59.9 Å². The highest BCUT2D eigenvalue weighted by Crippen LogP contribution is 2.28. The molecule has 0 aromatic carbocycles. The van der Waals surface area contributed by atoms with Crippen molar-refractivity contribution in [2.75, 3.05) is 16.4 Å². The van der Waals surface area contributed by atoms with Crippen LogP contribution in [-0.2, 0) is 0 Å². The number of nitrogens with two attached hydrogens (primary N) is 1. The number of carbonyl (C=O) groups is 3. The molecule has 13 heteroatoms. The number of anilines is 3. The number of ether oxygens (including phenoxy) is 3. The van der Waals surface area contributed by atoms with Crippen molar-refractivity contribution >= 4 is 34.8 Å². The fraction of sp³-hybridized carbons (Fsp3) is 0.333. The average Bonchev–Trinajstić information content (AvgIpc) is 2.86. The Bertz CT molecular complexity index is 1410. The molecule has 212 valence electrons. The second-order valence-corrected chi connectivity index (χ2v) is 9.40. The number of rotatable bonds is 11. The molecule has 2 amide bonds. The predicted octanol–water partition coefficient (Wildman–Crippen LogP) is 4.02. The molecule has 13 nitrogen and oxygen atoms in total. The molecule has 0 saturated carbocycles. The van der Waals surface area contributed by atoms with Gasteiger partial charge in [-0.25, -0.2) is 19.7 Å². The van der Waals surface area contributed by atoms with Crippen molar-refractivity contribution < 1.29 is 33.7 Å². The van der Waals surface area contributed by atoms with Gasteiger partial charge in [0.1, 0.15) is 22.8 Å². The zero-order valence-electron chi connectivity index (χ0n) is 23.0. The van der Waals surface area contributed by atoms with E-state index in [0.29, 0.717) is 5.69 Å². The molecule has 0 bridgehead atoms. The monoisotopic (exact) mass is 552 g/mol. The van der Waals surface area contributed by atoms with Gasteiger partial charge in [0, 0.05) is 0 Å². The number of aromatic nitrogens is 3. The van der Waals surface area contributed by atoms with Crippen LogP contribution in [0.1, 0.15) is 73.0 Å². The smallest absolute Gasteiger partial charge is 0.354 e. The van der Waals surface area contributed by atoms with Gasteiger partial charge in [0.25, 0.3) is 11.8 Å². The number of carboxylic acid groups (broad SMARTS) is 1. The van der Waals surface area contributed by atoms with Crippen molar-refractivity contribution in [1.29, 1.82) is 0 Å². The first kappa shape index (κ1) is 29.6. The van der Waals surface area contributed by atoms with E-state index in [-0.39, 0.29) is 64.4 Å². The standard InChI is InChI=1S/C27H32N6O7/c1-13(2)38-24-16(28)7-8-17(31-24)22(34)29-19-10-9-18(32-25(19)39-14(3)4)23(35)30-20-11-12-21(27(36)37)33-26(20)40-15(5)6/h7-15H,28H2,1-6H3,(H,29,34)(H,30,35)(H,36,37). The highest BCUT2D eigenvalue weighted by Gasteiger charge is 2.20. The average molecular weight is 553 g/mol. The summed E-state index contributed by atoms with van der Waals surface area (Å²) in [5.41, 5.74) is 6.33. The number of carboxylic acids is 1. The summed E-state index contributed by atoms with van der Waals surface area (Å²) < 4.78 is 16.9. The van der Waals surface area contributed by atoms with Gasteiger partial charge in [-0.1, -0.05) is 0 Å². The minimum absolute atomic E-state index is 0.00287. The molecule has 0 aliphatic carbocycles. The normalized spacial score (nSPS) is 10.9. The number of aromatic carboxylic acids is 1. The van der Waals surface area contributed by atoms with Crippen molar-refractivity contribution in [1.82, 2.24) is 15.0 Å². The number of carbonyl (C=O) groups excluding carboxylic acids is 2. The largest absolute Gasteiger partial charge is 0.477 e. The van der Waals surface area contributed by atoms with Gasteiger partial charge in [0.15, 0.2) is 5.69 Å². The van der Waals surface area contributed by atoms with E-state index in [0.717, 1.165) is 0 Å². The van der Waals surface area contributed by atoms with Crippen molar-refractivity contribution in [2.24, 2.45) is 0 Å². The van der Waals surface area contributed by atoms with Crippen molar-refractivity contribution in [3.05, 3.63) is 53.5 Å². The molecule has 3 rings (SSSR count). The van der Waals surface area contributed by atoms with Gasteiger partial charge >= 0.3 is 5.97 Å².